The lowest BCUT2D eigenvalue weighted by Gasteiger charge is -2.33. The highest BCUT2D eigenvalue weighted by Crippen LogP contribution is 2.34. The predicted octanol–water partition coefficient (Wildman–Crippen LogP) is 2.48. The van der Waals surface area contributed by atoms with Crippen molar-refractivity contribution in [3.8, 4) is 0 Å². The Balaban J connectivity index is 1.69. The number of aliphatic imine (C=N–C) groups is 1. The largest absolute Gasteiger partial charge is 0.369 e. The topological polar surface area (TPSA) is 76.5 Å². The molecule has 0 saturated carbocycles. The van der Waals surface area contributed by atoms with Crippen molar-refractivity contribution in [3.63, 3.8) is 0 Å². The molecule has 0 spiro atoms. The Bertz CT molecular complexity index is 1010. The average Bonchev–Trinajstić information content (AvgIpc) is 3.02. The van der Waals surface area contributed by atoms with Gasteiger partial charge in [0.2, 0.25) is 5.91 Å². The third-order valence-corrected chi connectivity index (χ3v) is 4.94. The number of amides is 1. The molecule has 6 heteroatoms. The molecule has 2 aromatic carbocycles. The van der Waals surface area contributed by atoms with Crippen molar-refractivity contribution >= 4 is 22.8 Å². The van der Waals surface area contributed by atoms with Crippen LogP contribution in [0.4, 0.5) is 0 Å². The molecule has 3 aromatic rings. The Labute approximate surface area is 151 Å². The van der Waals surface area contributed by atoms with Gasteiger partial charge < -0.3 is 5.73 Å². The lowest BCUT2D eigenvalue weighted by Crippen LogP contribution is -2.47. The maximum atomic E-state index is 12.2. The minimum Gasteiger partial charge on any atom is -0.369 e. The van der Waals surface area contributed by atoms with Crippen LogP contribution in [-0.4, -0.2) is 33.6 Å². The van der Waals surface area contributed by atoms with Gasteiger partial charge in [0.05, 0.1) is 24.0 Å². The van der Waals surface area contributed by atoms with Crippen LogP contribution in [0, 0.1) is 0 Å². The van der Waals surface area contributed by atoms with Crippen LogP contribution in [0.2, 0.25) is 0 Å². The Morgan fingerprint density at radius 3 is 2.69 bits per heavy atom. The van der Waals surface area contributed by atoms with Crippen LogP contribution < -0.4 is 5.73 Å². The standard InChI is InChI=1S/C20H21N5O/c1-20(11-18(26)24(2)19(21)22-20)16-8-9-17-15(10-16)13-25(23-17)12-14-6-4-3-5-7-14/h3-10,13H,11-12H2,1-2H3,(H2,21,22)/t20-/m0/s1. The molecule has 1 aromatic heterocycles. The number of rotatable bonds is 3. The van der Waals surface area contributed by atoms with Crippen molar-refractivity contribution < 1.29 is 4.79 Å². The first-order valence-electron chi connectivity index (χ1n) is 8.58. The summed E-state index contributed by atoms with van der Waals surface area (Å²) >= 11 is 0. The molecule has 2 heterocycles. The second-order valence-electron chi connectivity index (χ2n) is 6.96. The summed E-state index contributed by atoms with van der Waals surface area (Å²) in [4.78, 5) is 18.2. The third kappa shape index (κ3) is 2.83. The van der Waals surface area contributed by atoms with Crippen LogP contribution in [0.5, 0.6) is 0 Å². The van der Waals surface area contributed by atoms with Crippen molar-refractivity contribution in [2.75, 3.05) is 7.05 Å². The lowest BCUT2D eigenvalue weighted by atomic mass is 9.87. The van der Waals surface area contributed by atoms with Gasteiger partial charge in [0.1, 0.15) is 0 Å². The lowest BCUT2D eigenvalue weighted by molar-refractivity contribution is -0.128. The highest BCUT2D eigenvalue weighted by atomic mass is 16.2. The number of hydrogen-bond acceptors (Lipinski definition) is 4. The fourth-order valence-corrected chi connectivity index (χ4v) is 3.34. The predicted molar refractivity (Wildman–Crippen MR) is 102 cm³/mol. The van der Waals surface area contributed by atoms with Crippen LogP contribution in [0.3, 0.4) is 0 Å². The number of carbonyl (C=O) groups excluding carboxylic acids is 1. The summed E-state index contributed by atoms with van der Waals surface area (Å²) in [5, 5.41) is 5.67. The monoisotopic (exact) mass is 347 g/mol. The van der Waals surface area contributed by atoms with Gasteiger partial charge in [-0.25, -0.2) is 4.99 Å². The Morgan fingerprint density at radius 1 is 1.19 bits per heavy atom. The molecule has 132 valence electrons. The molecule has 1 atom stereocenters. The van der Waals surface area contributed by atoms with Gasteiger partial charge >= 0.3 is 0 Å². The first kappa shape index (κ1) is 16.3. The van der Waals surface area contributed by atoms with Crippen LogP contribution >= 0.6 is 0 Å². The highest BCUT2D eigenvalue weighted by Gasteiger charge is 2.36. The van der Waals surface area contributed by atoms with E-state index in [2.05, 4.69) is 28.3 Å². The smallest absolute Gasteiger partial charge is 0.231 e. The third-order valence-electron chi connectivity index (χ3n) is 4.94. The normalized spacial score (nSPS) is 20.5. The van der Waals surface area contributed by atoms with Gasteiger partial charge in [-0.3, -0.25) is 14.4 Å². The van der Waals surface area contributed by atoms with E-state index in [4.69, 9.17) is 5.73 Å². The molecular weight excluding hydrogens is 326 g/mol. The van der Waals surface area contributed by atoms with Gasteiger partial charge in [0.25, 0.3) is 0 Å². The number of aromatic nitrogens is 2. The van der Waals surface area contributed by atoms with E-state index >= 15 is 0 Å². The molecule has 1 aliphatic rings. The number of nitrogens with two attached hydrogens (primary N) is 1. The van der Waals surface area contributed by atoms with E-state index in [0.717, 1.165) is 23.0 Å². The summed E-state index contributed by atoms with van der Waals surface area (Å²) in [5.41, 5.74) is 8.36. The number of fused-ring (bicyclic) bond motifs is 1. The second-order valence-corrected chi connectivity index (χ2v) is 6.96. The molecule has 0 radical (unpaired) electrons. The molecule has 26 heavy (non-hydrogen) atoms. The van der Waals surface area contributed by atoms with E-state index in [9.17, 15) is 4.79 Å². The van der Waals surface area contributed by atoms with E-state index < -0.39 is 5.54 Å². The summed E-state index contributed by atoms with van der Waals surface area (Å²) in [6, 6.07) is 16.2. The van der Waals surface area contributed by atoms with Crippen molar-refractivity contribution in [1.82, 2.24) is 14.7 Å². The van der Waals surface area contributed by atoms with Gasteiger partial charge in [-0.15, -0.1) is 0 Å². The van der Waals surface area contributed by atoms with E-state index in [1.54, 1.807) is 7.05 Å². The maximum Gasteiger partial charge on any atom is 0.231 e. The van der Waals surface area contributed by atoms with Gasteiger partial charge in [-0.05, 0) is 30.2 Å². The number of nitrogens with zero attached hydrogens (tertiary/aromatic N) is 4. The summed E-state index contributed by atoms with van der Waals surface area (Å²) < 4.78 is 1.93. The van der Waals surface area contributed by atoms with E-state index in [0.29, 0.717) is 6.42 Å². The second kappa shape index (κ2) is 5.98. The minimum absolute atomic E-state index is 0.0279. The molecule has 4 rings (SSSR count). The van der Waals surface area contributed by atoms with Gasteiger partial charge in [0, 0.05) is 18.6 Å². The average molecular weight is 347 g/mol. The fraction of sp³-hybridized carbons (Fsp3) is 0.250. The highest BCUT2D eigenvalue weighted by molar-refractivity contribution is 5.98. The van der Waals surface area contributed by atoms with Crippen LogP contribution in [0.25, 0.3) is 10.9 Å². The molecule has 6 nitrogen and oxygen atoms in total. The van der Waals surface area contributed by atoms with Crippen LogP contribution in [-0.2, 0) is 16.9 Å². The van der Waals surface area contributed by atoms with Crippen LogP contribution in [0.1, 0.15) is 24.5 Å². The molecule has 2 N–H and O–H groups in total. The van der Waals surface area contributed by atoms with E-state index in [1.807, 2.05) is 48.1 Å². The molecule has 1 aliphatic heterocycles. The molecule has 0 aliphatic carbocycles. The van der Waals surface area contributed by atoms with Crippen LogP contribution in [0.15, 0.2) is 59.7 Å². The zero-order chi connectivity index (χ0) is 18.3. The number of hydrogen-bond donors (Lipinski definition) is 1. The molecule has 0 fully saturated rings. The molecule has 1 amide bonds. The Kier molecular flexibility index (Phi) is 3.76. The first-order valence-corrected chi connectivity index (χ1v) is 8.58. The Hall–Kier alpha value is -3.15. The zero-order valence-corrected chi connectivity index (χ0v) is 14.9. The van der Waals surface area contributed by atoms with Crippen molar-refractivity contribution in [3.05, 3.63) is 65.9 Å². The molecule has 0 bridgehead atoms. The fourth-order valence-electron chi connectivity index (χ4n) is 3.34. The first-order chi connectivity index (χ1) is 12.4. The van der Waals surface area contributed by atoms with E-state index in [-0.39, 0.29) is 11.9 Å². The maximum absolute atomic E-state index is 12.2. The number of carbonyl (C=O) groups is 1. The van der Waals surface area contributed by atoms with Crippen molar-refractivity contribution in [1.29, 1.82) is 0 Å². The zero-order valence-electron chi connectivity index (χ0n) is 14.9. The Morgan fingerprint density at radius 2 is 1.96 bits per heavy atom. The van der Waals surface area contributed by atoms with Crippen molar-refractivity contribution in [2.45, 2.75) is 25.4 Å². The SMILES string of the molecule is CN1C(=O)C[C@@](C)(c2ccc3nn(Cc4ccccc4)cc3c2)N=C1N. The summed E-state index contributed by atoms with van der Waals surface area (Å²) in [6.45, 7) is 2.66. The van der Waals surface area contributed by atoms with E-state index in [1.165, 1.54) is 10.5 Å². The van der Waals surface area contributed by atoms with Gasteiger partial charge in [-0.1, -0.05) is 36.4 Å². The van der Waals surface area contributed by atoms with Crippen molar-refractivity contribution in [2.24, 2.45) is 10.7 Å². The molecule has 0 saturated heterocycles. The summed E-state index contributed by atoms with van der Waals surface area (Å²) in [7, 11) is 1.65. The minimum atomic E-state index is -0.649. The van der Waals surface area contributed by atoms with Gasteiger partial charge in [0.15, 0.2) is 5.96 Å². The summed E-state index contributed by atoms with van der Waals surface area (Å²) in [5.74, 6) is 0.225. The quantitative estimate of drug-likeness (QED) is 0.791. The summed E-state index contributed by atoms with van der Waals surface area (Å²) in [6.07, 6.45) is 2.33. The molecule has 0 unspecified atom stereocenters. The van der Waals surface area contributed by atoms with Gasteiger partial charge in [-0.2, -0.15) is 5.10 Å². The molecular formula is C20H21N5O. The number of benzene rings is 2. The number of guanidine groups is 1.